The maximum Gasteiger partial charge on any atom is 0.252 e. The standard InChI is InChI=1S/C28H37ClN4O3/c29-23-11-10-21-18-22(27(30-24(21)19-23)32-12-3-1-2-4-13-32)20-33(28(35)25-8-6-17-36-25)16-7-15-31-14-5-9-26(31)34/h10-11,18-19,25H,1-9,12-17,20H2/t25-/m1/s1. The molecule has 3 fully saturated rings. The van der Waals surface area contributed by atoms with Crippen LogP contribution in [0, 0.1) is 0 Å². The van der Waals surface area contributed by atoms with Gasteiger partial charge in [-0.05, 0) is 56.7 Å². The van der Waals surface area contributed by atoms with Crippen molar-refractivity contribution >= 4 is 40.1 Å². The number of likely N-dealkylation sites (tertiary alicyclic amines) is 1. The van der Waals surface area contributed by atoms with Crippen molar-refractivity contribution in [2.75, 3.05) is 44.2 Å². The number of fused-ring (bicyclic) bond motifs is 1. The summed E-state index contributed by atoms with van der Waals surface area (Å²) >= 11 is 6.29. The number of rotatable bonds is 8. The lowest BCUT2D eigenvalue weighted by molar-refractivity contribution is -0.141. The molecule has 0 saturated carbocycles. The summed E-state index contributed by atoms with van der Waals surface area (Å²) in [7, 11) is 0. The largest absolute Gasteiger partial charge is 0.368 e. The molecule has 1 aromatic carbocycles. The first-order valence-corrected chi connectivity index (χ1v) is 14.0. The zero-order valence-electron chi connectivity index (χ0n) is 21.1. The second kappa shape index (κ2) is 11.8. The highest BCUT2D eigenvalue weighted by atomic mass is 35.5. The third-order valence-corrected chi connectivity index (χ3v) is 7.88. The minimum atomic E-state index is -0.368. The van der Waals surface area contributed by atoms with Gasteiger partial charge >= 0.3 is 0 Å². The smallest absolute Gasteiger partial charge is 0.252 e. The Morgan fingerprint density at radius 2 is 1.92 bits per heavy atom. The van der Waals surface area contributed by atoms with Gasteiger partial charge in [0.25, 0.3) is 5.91 Å². The molecule has 8 heteroatoms. The molecule has 3 saturated heterocycles. The summed E-state index contributed by atoms with van der Waals surface area (Å²) in [6.45, 7) is 5.20. The Labute approximate surface area is 218 Å². The third-order valence-electron chi connectivity index (χ3n) is 7.65. The minimum absolute atomic E-state index is 0.0540. The Morgan fingerprint density at radius 3 is 2.64 bits per heavy atom. The summed E-state index contributed by atoms with van der Waals surface area (Å²) in [6.07, 6.45) is 8.44. The van der Waals surface area contributed by atoms with Crippen molar-refractivity contribution in [3.05, 3.63) is 34.9 Å². The molecule has 0 N–H and O–H groups in total. The molecule has 4 heterocycles. The van der Waals surface area contributed by atoms with Crippen molar-refractivity contribution in [1.82, 2.24) is 14.8 Å². The number of benzene rings is 1. The van der Waals surface area contributed by atoms with Crippen LogP contribution in [0.3, 0.4) is 0 Å². The number of aromatic nitrogens is 1. The highest BCUT2D eigenvalue weighted by molar-refractivity contribution is 6.31. The van der Waals surface area contributed by atoms with Crippen molar-refractivity contribution in [2.45, 2.75) is 70.4 Å². The highest BCUT2D eigenvalue weighted by Gasteiger charge is 2.30. The van der Waals surface area contributed by atoms with Crippen LogP contribution in [0.15, 0.2) is 24.3 Å². The molecule has 7 nitrogen and oxygen atoms in total. The van der Waals surface area contributed by atoms with Crippen LogP contribution in [0.2, 0.25) is 5.02 Å². The van der Waals surface area contributed by atoms with Crippen LogP contribution >= 0.6 is 11.6 Å². The summed E-state index contributed by atoms with van der Waals surface area (Å²) in [6, 6.07) is 8.00. The molecular weight excluding hydrogens is 476 g/mol. The van der Waals surface area contributed by atoms with E-state index in [0.29, 0.717) is 37.7 Å². The number of anilines is 1. The van der Waals surface area contributed by atoms with E-state index in [2.05, 4.69) is 11.0 Å². The predicted octanol–water partition coefficient (Wildman–Crippen LogP) is 4.79. The summed E-state index contributed by atoms with van der Waals surface area (Å²) in [5, 5.41) is 1.70. The number of hydrogen-bond acceptors (Lipinski definition) is 5. The Kier molecular flexibility index (Phi) is 8.27. The third kappa shape index (κ3) is 5.94. The number of ether oxygens (including phenoxy) is 1. The summed E-state index contributed by atoms with van der Waals surface area (Å²) in [5.41, 5.74) is 1.95. The summed E-state index contributed by atoms with van der Waals surface area (Å²) < 4.78 is 5.78. The van der Waals surface area contributed by atoms with Crippen LogP contribution in [0.4, 0.5) is 5.82 Å². The molecule has 0 bridgehead atoms. The average Bonchev–Trinajstić information content (AvgIpc) is 3.48. The van der Waals surface area contributed by atoms with E-state index in [1.54, 1.807) is 0 Å². The second-order valence-electron chi connectivity index (χ2n) is 10.3. The van der Waals surface area contributed by atoms with E-state index < -0.39 is 0 Å². The molecule has 2 aromatic rings. The van der Waals surface area contributed by atoms with E-state index in [4.69, 9.17) is 21.3 Å². The average molecular weight is 513 g/mol. The Hall–Kier alpha value is -2.38. The number of nitrogens with zero attached hydrogens (tertiary/aromatic N) is 4. The minimum Gasteiger partial charge on any atom is -0.368 e. The van der Waals surface area contributed by atoms with Crippen molar-refractivity contribution in [3.63, 3.8) is 0 Å². The number of hydrogen-bond donors (Lipinski definition) is 0. The van der Waals surface area contributed by atoms with Gasteiger partial charge in [-0.2, -0.15) is 0 Å². The number of carbonyl (C=O) groups is 2. The quantitative estimate of drug-likeness (QED) is 0.509. The molecule has 3 aliphatic rings. The number of pyridine rings is 1. The molecule has 0 radical (unpaired) electrons. The molecule has 194 valence electrons. The van der Waals surface area contributed by atoms with Gasteiger partial charge in [0.05, 0.1) is 5.52 Å². The SMILES string of the molecule is O=C1CCCN1CCCN(Cc1cc2ccc(Cl)cc2nc1N1CCCCCC1)C(=O)[C@H]1CCCO1. The number of carbonyl (C=O) groups excluding carboxylic acids is 2. The zero-order chi connectivity index (χ0) is 24.9. The maximum absolute atomic E-state index is 13.6. The molecule has 1 aromatic heterocycles. The van der Waals surface area contributed by atoms with E-state index >= 15 is 0 Å². The van der Waals surface area contributed by atoms with Gasteiger partial charge in [-0.15, -0.1) is 0 Å². The van der Waals surface area contributed by atoms with E-state index in [1.165, 1.54) is 12.8 Å². The second-order valence-corrected chi connectivity index (χ2v) is 10.7. The Morgan fingerprint density at radius 1 is 1.08 bits per heavy atom. The van der Waals surface area contributed by atoms with Gasteiger partial charge in [0.1, 0.15) is 11.9 Å². The molecule has 1 atom stereocenters. The van der Waals surface area contributed by atoms with Crippen molar-refractivity contribution < 1.29 is 14.3 Å². The summed E-state index contributed by atoms with van der Waals surface area (Å²) in [4.78, 5) is 37.0. The maximum atomic E-state index is 13.6. The van der Waals surface area contributed by atoms with Gasteiger partial charge in [-0.1, -0.05) is 30.5 Å². The summed E-state index contributed by atoms with van der Waals surface area (Å²) in [5.74, 6) is 1.25. The monoisotopic (exact) mass is 512 g/mol. The van der Waals surface area contributed by atoms with Crippen LogP contribution < -0.4 is 4.90 Å². The lowest BCUT2D eigenvalue weighted by atomic mass is 10.1. The number of amides is 2. The van der Waals surface area contributed by atoms with Crippen LogP contribution in [-0.2, 0) is 20.9 Å². The zero-order valence-corrected chi connectivity index (χ0v) is 21.8. The predicted molar refractivity (Wildman–Crippen MR) is 142 cm³/mol. The first-order chi connectivity index (χ1) is 17.6. The van der Waals surface area contributed by atoms with Gasteiger partial charge < -0.3 is 19.4 Å². The first kappa shape index (κ1) is 25.3. The molecule has 0 aliphatic carbocycles. The fourth-order valence-corrected chi connectivity index (χ4v) is 5.85. The van der Waals surface area contributed by atoms with E-state index in [9.17, 15) is 9.59 Å². The van der Waals surface area contributed by atoms with Gasteiger partial charge in [-0.3, -0.25) is 9.59 Å². The van der Waals surface area contributed by atoms with Crippen LogP contribution in [-0.4, -0.2) is 72.0 Å². The van der Waals surface area contributed by atoms with E-state index in [0.717, 1.165) is 80.4 Å². The van der Waals surface area contributed by atoms with Crippen LogP contribution in [0.25, 0.3) is 10.9 Å². The lowest BCUT2D eigenvalue weighted by Gasteiger charge is -2.30. The van der Waals surface area contributed by atoms with Crippen molar-refractivity contribution in [1.29, 1.82) is 0 Å². The molecule has 0 spiro atoms. The molecule has 36 heavy (non-hydrogen) atoms. The van der Waals surface area contributed by atoms with Gasteiger partial charge in [-0.25, -0.2) is 4.98 Å². The molecule has 3 aliphatic heterocycles. The molecule has 0 unspecified atom stereocenters. The first-order valence-electron chi connectivity index (χ1n) is 13.6. The van der Waals surface area contributed by atoms with Crippen LogP contribution in [0.1, 0.15) is 63.4 Å². The Bertz CT molecular complexity index is 1080. The van der Waals surface area contributed by atoms with Gasteiger partial charge in [0.2, 0.25) is 5.91 Å². The molecule has 2 amide bonds. The van der Waals surface area contributed by atoms with E-state index in [1.807, 2.05) is 28.0 Å². The molecule has 5 rings (SSSR count). The van der Waals surface area contributed by atoms with E-state index in [-0.39, 0.29) is 17.9 Å². The van der Waals surface area contributed by atoms with Crippen molar-refractivity contribution in [3.8, 4) is 0 Å². The number of halogens is 1. The normalized spacial score (nSPS) is 20.8. The van der Waals surface area contributed by atoms with Crippen LogP contribution in [0.5, 0.6) is 0 Å². The van der Waals surface area contributed by atoms with Gasteiger partial charge in [0.15, 0.2) is 0 Å². The molecular formula is C28H37ClN4O3. The van der Waals surface area contributed by atoms with Gasteiger partial charge in [0, 0.05) is 68.3 Å². The fourth-order valence-electron chi connectivity index (χ4n) is 5.69. The highest BCUT2D eigenvalue weighted by Crippen LogP contribution is 2.29. The Balaban J connectivity index is 1.42. The lowest BCUT2D eigenvalue weighted by Crippen LogP contribution is -2.40. The van der Waals surface area contributed by atoms with Crippen molar-refractivity contribution in [2.24, 2.45) is 0 Å². The fraction of sp³-hybridized carbons (Fsp3) is 0.607. The topological polar surface area (TPSA) is 66.0 Å².